The fraction of sp³-hybridized carbons (Fsp3) is 0.939. The molecule has 0 aromatic carbocycles. The van der Waals surface area contributed by atoms with E-state index in [1.165, 1.54) is 51.4 Å². The summed E-state index contributed by atoms with van der Waals surface area (Å²) in [6, 6.07) is 0. The lowest BCUT2D eigenvalue weighted by Gasteiger charge is -2.59. The summed E-state index contributed by atoms with van der Waals surface area (Å²) in [5.41, 5.74) is 6.70. The van der Waals surface area contributed by atoms with Gasteiger partial charge < -0.3 is 24.8 Å². The summed E-state index contributed by atoms with van der Waals surface area (Å²) in [6.07, 6.45) is 12.4. The topological polar surface area (TPSA) is 91.1 Å². The standard InChI is InChI=1S/C33H52N2O5/c1-19(2)27(40-29(37)35-15-6-16-35)23-9-7-21-24(38-23)17-22-20-8-10-25-30(3,4)26(39-28(34)36)11-12-33(25)18-32(20,33)14-13-31(21,22)5/h19-27H,6-18H2,1-5H3,(H2,34,36)/t20?,21?,22?,23?,24?,25-,26-,27+,31+,32-,33+/m0/s1. The number of hydrogen-bond donors (Lipinski definition) is 1. The number of likely N-dealkylation sites (tertiary alicyclic amines) is 1. The van der Waals surface area contributed by atoms with Gasteiger partial charge in [0.1, 0.15) is 12.2 Å². The van der Waals surface area contributed by atoms with Crippen molar-refractivity contribution in [2.45, 2.75) is 130 Å². The van der Waals surface area contributed by atoms with Gasteiger partial charge in [-0.3, -0.25) is 0 Å². The molecule has 5 saturated carbocycles. The molecule has 2 amide bonds. The molecular formula is C33H52N2O5. The van der Waals surface area contributed by atoms with Crippen molar-refractivity contribution in [1.82, 2.24) is 4.90 Å². The molecule has 0 radical (unpaired) electrons. The molecule has 2 aliphatic heterocycles. The van der Waals surface area contributed by atoms with Gasteiger partial charge in [0.15, 0.2) is 0 Å². The zero-order valence-corrected chi connectivity index (χ0v) is 25.5. The summed E-state index contributed by atoms with van der Waals surface area (Å²) in [4.78, 5) is 26.2. The molecule has 0 bridgehead atoms. The number of fused-ring (bicyclic) bond motifs is 4. The van der Waals surface area contributed by atoms with Crippen LogP contribution in [0, 0.1) is 51.2 Å². The molecule has 40 heavy (non-hydrogen) atoms. The van der Waals surface area contributed by atoms with Crippen LogP contribution in [0.3, 0.4) is 0 Å². The minimum Gasteiger partial charge on any atom is -0.446 e. The average Bonchev–Trinajstić information content (AvgIpc) is 3.43. The van der Waals surface area contributed by atoms with Gasteiger partial charge in [-0.25, -0.2) is 9.59 Å². The van der Waals surface area contributed by atoms with Gasteiger partial charge in [-0.2, -0.15) is 0 Å². The molecule has 2 N–H and O–H groups in total. The van der Waals surface area contributed by atoms with Crippen LogP contribution in [0.2, 0.25) is 0 Å². The van der Waals surface area contributed by atoms with E-state index in [9.17, 15) is 9.59 Å². The molecule has 0 aromatic heterocycles. The molecule has 11 atom stereocenters. The summed E-state index contributed by atoms with van der Waals surface area (Å²) in [5.74, 6) is 2.97. The molecule has 2 saturated heterocycles. The van der Waals surface area contributed by atoms with E-state index in [4.69, 9.17) is 19.9 Å². The molecule has 7 heteroatoms. The molecule has 7 nitrogen and oxygen atoms in total. The second-order valence-corrected chi connectivity index (χ2v) is 16.2. The first-order chi connectivity index (χ1) is 18.9. The first kappa shape index (κ1) is 27.3. The molecule has 7 rings (SSSR count). The highest BCUT2D eigenvalue weighted by Crippen LogP contribution is 2.87. The SMILES string of the molecule is CC(C)[C@@H](OC(=O)N1CCC1)C1CCC2C(CC3C4CC[C@H]5C(C)(C)[C@@H](OC(N)=O)CC[C@@]56C[C@@]46CC[C@]23C)O1. The van der Waals surface area contributed by atoms with Crippen LogP contribution in [0.25, 0.3) is 0 Å². The summed E-state index contributed by atoms with van der Waals surface area (Å²) in [7, 11) is 0. The molecule has 5 unspecified atom stereocenters. The molecule has 0 aromatic rings. The van der Waals surface area contributed by atoms with E-state index in [1.807, 2.05) is 4.90 Å². The predicted octanol–water partition coefficient (Wildman–Crippen LogP) is 6.52. The van der Waals surface area contributed by atoms with Crippen molar-refractivity contribution in [1.29, 1.82) is 0 Å². The van der Waals surface area contributed by atoms with Gasteiger partial charge >= 0.3 is 12.2 Å². The van der Waals surface area contributed by atoms with E-state index in [-0.39, 0.29) is 41.8 Å². The van der Waals surface area contributed by atoms with Crippen LogP contribution < -0.4 is 5.73 Å². The number of ether oxygens (including phenoxy) is 3. The quantitative estimate of drug-likeness (QED) is 0.425. The highest BCUT2D eigenvalue weighted by atomic mass is 16.6. The lowest BCUT2D eigenvalue weighted by molar-refractivity contribution is -0.150. The fourth-order valence-electron chi connectivity index (χ4n) is 12.2. The number of nitrogens with zero attached hydrogens (tertiary/aromatic N) is 1. The molecular weight excluding hydrogens is 504 g/mol. The Morgan fingerprint density at radius 1 is 0.925 bits per heavy atom. The number of amides is 2. The van der Waals surface area contributed by atoms with E-state index in [0.717, 1.165) is 44.2 Å². The van der Waals surface area contributed by atoms with Crippen LogP contribution in [0.15, 0.2) is 0 Å². The van der Waals surface area contributed by atoms with Gasteiger partial charge in [0, 0.05) is 18.5 Å². The second-order valence-electron chi connectivity index (χ2n) is 16.2. The Labute approximate surface area is 240 Å². The number of carbonyl (C=O) groups excluding carboxylic acids is 2. The second kappa shape index (κ2) is 9.00. The number of carbonyl (C=O) groups is 2. The maximum atomic E-state index is 12.7. The maximum Gasteiger partial charge on any atom is 0.410 e. The van der Waals surface area contributed by atoms with Crippen molar-refractivity contribution >= 4 is 12.2 Å². The lowest BCUT2D eigenvalue weighted by Crippen LogP contribution is -2.55. The third-order valence-electron chi connectivity index (χ3n) is 14.2. The van der Waals surface area contributed by atoms with Gasteiger partial charge in [-0.15, -0.1) is 0 Å². The van der Waals surface area contributed by atoms with Crippen LogP contribution >= 0.6 is 0 Å². The van der Waals surface area contributed by atoms with Gasteiger partial charge in [-0.1, -0.05) is 34.6 Å². The highest BCUT2D eigenvalue weighted by Gasteiger charge is 2.80. The summed E-state index contributed by atoms with van der Waals surface area (Å²) < 4.78 is 18.8. The molecule has 7 aliphatic rings. The maximum absolute atomic E-state index is 12.7. The number of primary amides is 1. The Balaban J connectivity index is 1.08. The normalized spacial score (nSPS) is 48.9. The van der Waals surface area contributed by atoms with Crippen LogP contribution in [0.5, 0.6) is 0 Å². The zero-order valence-electron chi connectivity index (χ0n) is 25.5. The van der Waals surface area contributed by atoms with E-state index < -0.39 is 6.09 Å². The number of rotatable bonds is 4. The third kappa shape index (κ3) is 3.63. The molecule has 7 fully saturated rings. The van der Waals surface area contributed by atoms with E-state index in [1.54, 1.807) is 0 Å². The smallest absolute Gasteiger partial charge is 0.410 e. The van der Waals surface area contributed by atoms with E-state index in [0.29, 0.717) is 28.1 Å². The number of hydrogen-bond acceptors (Lipinski definition) is 5. The Morgan fingerprint density at radius 3 is 2.35 bits per heavy atom. The van der Waals surface area contributed by atoms with Crippen LogP contribution in [0.1, 0.15) is 105 Å². The van der Waals surface area contributed by atoms with Crippen molar-refractivity contribution < 1.29 is 23.8 Å². The Hall–Kier alpha value is -1.50. The molecule has 5 aliphatic carbocycles. The molecule has 224 valence electrons. The largest absolute Gasteiger partial charge is 0.446 e. The van der Waals surface area contributed by atoms with Crippen LogP contribution in [-0.4, -0.2) is 54.6 Å². The monoisotopic (exact) mass is 556 g/mol. The fourth-order valence-corrected chi connectivity index (χ4v) is 12.2. The van der Waals surface area contributed by atoms with Gasteiger partial charge in [0.25, 0.3) is 0 Å². The minimum absolute atomic E-state index is 0.00789. The van der Waals surface area contributed by atoms with Crippen molar-refractivity contribution in [3.8, 4) is 0 Å². The summed E-state index contributed by atoms with van der Waals surface area (Å²) >= 11 is 0. The first-order valence-corrected chi connectivity index (χ1v) is 16.5. The lowest BCUT2D eigenvalue weighted by atomic mass is 9.46. The average molecular weight is 557 g/mol. The Bertz CT molecular complexity index is 1060. The zero-order chi connectivity index (χ0) is 28.2. The molecule has 2 heterocycles. The van der Waals surface area contributed by atoms with Gasteiger partial charge in [-0.05, 0) is 116 Å². The predicted molar refractivity (Wildman–Crippen MR) is 151 cm³/mol. The number of nitrogens with two attached hydrogens (primary N) is 1. The van der Waals surface area contributed by atoms with Crippen LogP contribution in [-0.2, 0) is 14.2 Å². The summed E-state index contributed by atoms with van der Waals surface area (Å²) in [6.45, 7) is 13.2. The van der Waals surface area contributed by atoms with Gasteiger partial charge in [0.2, 0.25) is 0 Å². The van der Waals surface area contributed by atoms with Crippen LogP contribution in [0.4, 0.5) is 9.59 Å². The third-order valence-corrected chi connectivity index (χ3v) is 14.2. The van der Waals surface area contributed by atoms with Crippen molar-refractivity contribution in [3.05, 3.63) is 0 Å². The van der Waals surface area contributed by atoms with Crippen molar-refractivity contribution in [2.75, 3.05) is 13.1 Å². The van der Waals surface area contributed by atoms with Crippen molar-refractivity contribution in [2.24, 2.45) is 57.0 Å². The minimum atomic E-state index is -0.622. The first-order valence-electron chi connectivity index (χ1n) is 16.5. The summed E-state index contributed by atoms with van der Waals surface area (Å²) in [5, 5.41) is 0. The Kier molecular flexibility index (Phi) is 6.15. The van der Waals surface area contributed by atoms with E-state index >= 15 is 0 Å². The highest BCUT2D eigenvalue weighted by molar-refractivity contribution is 5.68. The Morgan fingerprint density at radius 2 is 1.68 bits per heavy atom. The molecule has 2 spiro atoms. The van der Waals surface area contributed by atoms with Gasteiger partial charge in [0.05, 0.1) is 12.2 Å². The van der Waals surface area contributed by atoms with E-state index in [2.05, 4.69) is 34.6 Å². The van der Waals surface area contributed by atoms with Crippen molar-refractivity contribution in [3.63, 3.8) is 0 Å².